The molecule has 0 aliphatic heterocycles. The normalized spacial score (nSPS) is 11.2. The molecule has 0 amide bonds. The average molecular weight is 679 g/mol. The van der Waals surface area contributed by atoms with E-state index < -0.39 is 37.5 Å². The Morgan fingerprint density at radius 1 is 0.524 bits per heavy atom. The second kappa shape index (κ2) is 15.4. The van der Waals surface area contributed by atoms with Crippen molar-refractivity contribution in [2.75, 3.05) is 0 Å². The Kier molecular flexibility index (Phi) is 12.2. The van der Waals surface area contributed by atoms with Gasteiger partial charge < -0.3 is 0 Å². The zero-order valence-corrected chi connectivity index (χ0v) is 28.9. The van der Waals surface area contributed by atoms with Crippen molar-refractivity contribution in [2.24, 2.45) is 0 Å². The third-order valence-electron chi connectivity index (χ3n) is 8.05. The van der Waals surface area contributed by atoms with E-state index in [1.807, 2.05) is 59.7 Å². The Morgan fingerprint density at radius 3 is 1.21 bits per heavy atom. The quantitative estimate of drug-likeness (QED) is 0.133. The molecule has 0 saturated heterocycles. The summed E-state index contributed by atoms with van der Waals surface area (Å²) < 4.78 is 18.8. The molecule has 7 heteroatoms. The number of unbranched alkanes of at least 4 members (excludes halogenated alkanes) is 5. The monoisotopic (exact) mass is 680 g/mol. The van der Waals surface area contributed by atoms with Crippen molar-refractivity contribution < 1.29 is 23.6 Å². The minimum absolute atomic E-state index is 0.213. The van der Waals surface area contributed by atoms with E-state index in [-0.39, 0.29) is 4.44 Å². The fraction of sp³-hybridized carbons (Fsp3) is 0.400. The molecule has 0 fully saturated rings. The number of carbonyl (C=O) groups excluding carboxylic acids is 3. The summed E-state index contributed by atoms with van der Waals surface area (Å²) in [6.45, 7) is 13.5. The van der Waals surface area contributed by atoms with Gasteiger partial charge in [0.1, 0.15) is 0 Å². The molecular weight excluding hydrogens is 635 g/mol. The maximum absolute atomic E-state index is 13.7. The summed E-state index contributed by atoms with van der Waals surface area (Å²) in [7, 11) is 0. The molecule has 6 nitrogen and oxygen atoms in total. The molecule has 0 aromatic heterocycles. The summed E-state index contributed by atoms with van der Waals surface area (Å²) in [5.41, 5.74) is 6.19. The zero-order valence-electron chi connectivity index (χ0n) is 26.1. The Morgan fingerprint density at radius 2 is 0.857 bits per heavy atom. The molecule has 0 N–H and O–H groups in total. The van der Waals surface area contributed by atoms with Crippen LogP contribution in [0.15, 0.2) is 54.6 Å². The Balaban J connectivity index is 2.06. The Labute approximate surface area is 256 Å². The summed E-state index contributed by atoms with van der Waals surface area (Å²) in [4.78, 5) is 41.2. The molecule has 0 radical (unpaired) electrons. The van der Waals surface area contributed by atoms with Crippen LogP contribution < -0.4 is 0 Å². The van der Waals surface area contributed by atoms with Gasteiger partial charge in [-0.05, 0) is 0 Å². The number of hydrogen-bond acceptors (Lipinski definition) is 6. The van der Waals surface area contributed by atoms with Crippen LogP contribution in [0.3, 0.4) is 0 Å². The van der Waals surface area contributed by atoms with Gasteiger partial charge in [-0.2, -0.15) is 0 Å². The number of benzene rings is 3. The molecule has 0 atom stereocenters. The molecule has 3 rings (SSSR count). The van der Waals surface area contributed by atoms with E-state index in [0.29, 0.717) is 23.1 Å². The molecule has 0 bridgehead atoms. The summed E-state index contributed by atoms with van der Waals surface area (Å²) in [5.74, 6) is -1.92. The van der Waals surface area contributed by atoms with Gasteiger partial charge in [0.05, 0.1) is 0 Å². The third-order valence-corrected chi connectivity index (χ3v) is 15.1. The molecule has 0 heterocycles. The first-order valence-corrected chi connectivity index (χ1v) is 20.4. The van der Waals surface area contributed by atoms with E-state index in [1.54, 1.807) is 36.4 Å². The average Bonchev–Trinajstić information content (AvgIpc) is 2.94. The summed E-state index contributed by atoms with van der Waals surface area (Å²) in [6, 6.07) is 16.2. The maximum atomic E-state index is 13.7. The molecule has 0 aliphatic carbocycles. The van der Waals surface area contributed by atoms with E-state index in [1.165, 1.54) is 0 Å². The van der Waals surface area contributed by atoms with E-state index in [0.717, 1.165) is 65.5 Å². The molecule has 42 heavy (non-hydrogen) atoms. The topological polar surface area (TPSA) is 78.9 Å². The van der Waals surface area contributed by atoms with Gasteiger partial charge in [-0.1, -0.05) is 0 Å². The van der Waals surface area contributed by atoms with Crippen LogP contribution in [0.5, 0.6) is 0 Å². The van der Waals surface area contributed by atoms with Crippen molar-refractivity contribution in [3.63, 3.8) is 0 Å². The SMILES string of the molecule is CCCCCCC[CH2][Sn]([O]C(=O)c1cccc(C)c1C)([O]C(=O)c1cccc(C)c1C)[O]C(=O)c1cccc(C)c1C. The van der Waals surface area contributed by atoms with Crippen LogP contribution in [-0.4, -0.2) is 37.5 Å². The molecule has 0 saturated carbocycles. The van der Waals surface area contributed by atoms with Crippen LogP contribution >= 0.6 is 0 Å². The number of rotatable bonds is 13. The van der Waals surface area contributed by atoms with Crippen LogP contribution in [0, 0.1) is 41.5 Å². The number of aryl methyl sites for hydroxylation is 3. The summed E-state index contributed by atoms with van der Waals surface area (Å²) >= 11 is -5.30. The van der Waals surface area contributed by atoms with Gasteiger partial charge in [0.2, 0.25) is 0 Å². The third kappa shape index (κ3) is 8.46. The van der Waals surface area contributed by atoms with E-state index in [4.69, 9.17) is 9.22 Å². The van der Waals surface area contributed by atoms with Gasteiger partial charge in [0, 0.05) is 0 Å². The zero-order chi connectivity index (χ0) is 30.9. The molecule has 3 aromatic rings. The van der Waals surface area contributed by atoms with Gasteiger partial charge >= 0.3 is 257 Å². The second-order valence-electron chi connectivity index (χ2n) is 11.1. The van der Waals surface area contributed by atoms with Crippen LogP contribution in [0.2, 0.25) is 4.44 Å². The molecule has 3 aromatic carbocycles. The van der Waals surface area contributed by atoms with Crippen molar-refractivity contribution >= 4 is 37.5 Å². The first kappa shape index (κ1) is 33.4. The van der Waals surface area contributed by atoms with Crippen molar-refractivity contribution in [2.45, 2.75) is 91.4 Å². The molecular formula is C35H44O6Sn. The van der Waals surface area contributed by atoms with Gasteiger partial charge in [0.25, 0.3) is 0 Å². The number of carbonyl (C=O) groups is 3. The van der Waals surface area contributed by atoms with Crippen molar-refractivity contribution in [1.82, 2.24) is 0 Å². The summed E-state index contributed by atoms with van der Waals surface area (Å²) in [6.07, 6.45) is 5.81. The molecule has 224 valence electrons. The van der Waals surface area contributed by atoms with Crippen LogP contribution in [0.25, 0.3) is 0 Å². The fourth-order valence-corrected chi connectivity index (χ4v) is 11.4. The molecule has 0 unspecified atom stereocenters. The van der Waals surface area contributed by atoms with Crippen LogP contribution in [0.1, 0.15) is 110 Å². The fourth-order valence-electron chi connectivity index (χ4n) is 4.84. The van der Waals surface area contributed by atoms with Gasteiger partial charge in [-0.3, -0.25) is 0 Å². The minimum atomic E-state index is -5.30. The van der Waals surface area contributed by atoms with Crippen molar-refractivity contribution in [1.29, 1.82) is 0 Å². The first-order valence-electron chi connectivity index (χ1n) is 14.9. The molecule has 0 aliphatic rings. The second-order valence-corrected chi connectivity index (χ2v) is 18.2. The van der Waals surface area contributed by atoms with Gasteiger partial charge in [0.15, 0.2) is 0 Å². The van der Waals surface area contributed by atoms with E-state index in [2.05, 4.69) is 6.92 Å². The van der Waals surface area contributed by atoms with Gasteiger partial charge in [-0.25, -0.2) is 0 Å². The Hall–Kier alpha value is -3.13. The van der Waals surface area contributed by atoms with Crippen molar-refractivity contribution in [3.8, 4) is 0 Å². The van der Waals surface area contributed by atoms with Crippen LogP contribution in [-0.2, 0) is 9.22 Å². The first-order chi connectivity index (χ1) is 20.0. The van der Waals surface area contributed by atoms with E-state index in [9.17, 15) is 14.4 Å². The van der Waals surface area contributed by atoms with E-state index >= 15 is 0 Å². The standard InChI is InChI=1S/3C9H10O2.C8H17.Sn/c3*1-6-4-3-5-8(7(6)2)9(10)11;1-3-5-7-8-6-4-2;/h3*3-5H,1-2H3,(H,10,11);1,3-8H2,2H3;/q;;;;+3/p-3. The van der Waals surface area contributed by atoms with Gasteiger partial charge in [-0.15, -0.1) is 0 Å². The Bertz CT molecular complexity index is 1270. The predicted octanol–water partition coefficient (Wildman–Crippen LogP) is 8.71. The molecule has 0 spiro atoms. The number of hydrogen-bond donors (Lipinski definition) is 0. The van der Waals surface area contributed by atoms with Crippen LogP contribution in [0.4, 0.5) is 0 Å². The summed E-state index contributed by atoms with van der Waals surface area (Å²) in [5, 5.41) is 0. The predicted molar refractivity (Wildman–Crippen MR) is 168 cm³/mol. The van der Waals surface area contributed by atoms with Crippen molar-refractivity contribution in [3.05, 3.63) is 105 Å².